The van der Waals surface area contributed by atoms with E-state index in [4.69, 9.17) is 11.6 Å². The zero-order valence-corrected chi connectivity index (χ0v) is 17.2. The maximum atomic E-state index is 13.2. The Kier molecular flexibility index (Phi) is 5.24. The molecule has 0 radical (unpaired) electrons. The van der Waals surface area contributed by atoms with Crippen molar-refractivity contribution in [2.75, 3.05) is 11.4 Å². The van der Waals surface area contributed by atoms with Gasteiger partial charge in [0.25, 0.3) is 5.91 Å². The van der Waals surface area contributed by atoms with Crippen molar-refractivity contribution in [3.63, 3.8) is 0 Å². The van der Waals surface area contributed by atoms with Gasteiger partial charge < -0.3 is 0 Å². The lowest BCUT2D eigenvalue weighted by molar-refractivity contribution is 0.0986. The summed E-state index contributed by atoms with van der Waals surface area (Å²) in [5.74, 6) is -0.107. The molecule has 0 fully saturated rings. The van der Waals surface area contributed by atoms with Gasteiger partial charge in [-0.15, -0.1) is 0 Å². The fourth-order valence-corrected chi connectivity index (χ4v) is 4.24. The van der Waals surface area contributed by atoms with Crippen LogP contribution in [0.3, 0.4) is 0 Å². The highest BCUT2D eigenvalue weighted by molar-refractivity contribution is 9.10. The van der Waals surface area contributed by atoms with Crippen LogP contribution < -0.4 is 4.90 Å². The zero-order valence-electron chi connectivity index (χ0n) is 14.0. The van der Waals surface area contributed by atoms with E-state index in [1.165, 1.54) is 11.3 Å². The van der Waals surface area contributed by atoms with Gasteiger partial charge in [0.15, 0.2) is 5.13 Å². The van der Waals surface area contributed by atoms with E-state index < -0.39 is 0 Å². The third kappa shape index (κ3) is 3.90. The minimum Gasteiger partial charge on any atom is -0.282 e. The molecule has 0 saturated carbocycles. The average Bonchev–Trinajstić information content (AvgIpc) is 3.33. The lowest BCUT2D eigenvalue weighted by Crippen LogP contribution is -2.34. The van der Waals surface area contributed by atoms with Gasteiger partial charge in [0.05, 0.1) is 16.3 Å². The standard InChI is InChI=1S/C19H14BrClN4OS/c20-14-7-5-13(6-8-14)18(26)25(12-11-24-10-2-9-22-24)19-23-17-15(21)3-1-4-16(17)27-19/h1-10H,11-12H2. The topological polar surface area (TPSA) is 51.0 Å². The molecule has 4 aromatic rings. The summed E-state index contributed by atoms with van der Waals surface area (Å²) < 4.78 is 3.67. The number of aromatic nitrogens is 3. The van der Waals surface area contributed by atoms with Gasteiger partial charge in [-0.3, -0.25) is 14.4 Å². The number of para-hydroxylation sites is 1. The van der Waals surface area contributed by atoms with E-state index in [0.29, 0.717) is 34.3 Å². The third-order valence-electron chi connectivity index (χ3n) is 4.04. The van der Waals surface area contributed by atoms with E-state index in [1.54, 1.807) is 34.0 Å². The first-order valence-electron chi connectivity index (χ1n) is 8.22. The summed E-state index contributed by atoms with van der Waals surface area (Å²) in [7, 11) is 0. The SMILES string of the molecule is O=C(c1ccc(Br)cc1)N(CCn1cccn1)c1nc2c(Cl)cccc2s1. The number of nitrogens with zero attached hydrogens (tertiary/aromatic N) is 4. The molecule has 0 aliphatic carbocycles. The maximum Gasteiger partial charge on any atom is 0.260 e. The lowest BCUT2D eigenvalue weighted by atomic mass is 10.2. The molecule has 4 rings (SSSR count). The number of rotatable bonds is 5. The van der Waals surface area contributed by atoms with E-state index in [0.717, 1.165) is 9.17 Å². The van der Waals surface area contributed by atoms with E-state index in [-0.39, 0.29) is 5.91 Å². The van der Waals surface area contributed by atoms with Crippen LogP contribution in [-0.4, -0.2) is 27.2 Å². The lowest BCUT2D eigenvalue weighted by Gasteiger charge is -2.20. The van der Waals surface area contributed by atoms with Crippen molar-refractivity contribution in [3.05, 3.63) is 76.0 Å². The number of thiazole rings is 1. The number of fused-ring (bicyclic) bond motifs is 1. The monoisotopic (exact) mass is 460 g/mol. The van der Waals surface area contributed by atoms with Crippen LogP contribution in [0.15, 0.2) is 65.4 Å². The van der Waals surface area contributed by atoms with Gasteiger partial charge in [-0.05, 0) is 42.5 Å². The molecule has 0 saturated heterocycles. The summed E-state index contributed by atoms with van der Waals surface area (Å²) in [4.78, 5) is 19.5. The number of hydrogen-bond donors (Lipinski definition) is 0. The predicted octanol–water partition coefficient (Wildman–Crippen LogP) is 5.26. The van der Waals surface area contributed by atoms with Crippen LogP contribution in [0.1, 0.15) is 10.4 Å². The highest BCUT2D eigenvalue weighted by Crippen LogP contribution is 2.33. The molecule has 0 N–H and O–H groups in total. The Morgan fingerprint density at radius 1 is 1.19 bits per heavy atom. The predicted molar refractivity (Wildman–Crippen MR) is 113 cm³/mol. The number of amides is 1. The molecule has 0 bridgehead atoms. The summed E-state index contributed by atoms with van der Waals surface area (Å²) in [6.45, 7) is 1.02. The largest absolute Gasteiger partial charge is 0.282 e. The molecule has 1 amide bonds. The Balaban J connectivity index is 1.70. The van der Waals surface area contributed by atoms with Crippen molar-refractivity contribution < 1.29 is 4.79 Å². The number of carbonyl (C=O) groups is 1. The van der Waals surface area contributed by atoms with Gasteiger partial charge in [0.1, 0.15) is 5.52 Å². The van der Waals surface area contributed by atoms with Crippen molar-refractivity contribution in [3.8, 4) is 0 Å². The first-order valence-corrected chi connectivity index (χ1v) is 10.2. The third-order valence-corrected chi connectivity index (χ3v) is 5.91. The van der Waals surface area contributed by atoms with Crippen LogP contribution in [0, 0.1) is 0 Å². The Hall–Kier alpha value is -2.22. The van der Waals surface area contributed by atoms with Crippen molar-refractivity contribution >= 4 is 60.1 Å². The zero-order chi connectivity index (χ0) is 18.8. The van der Waals surface area contributed by atoms with Gasteiger partial charge >= 0.3 is 0 Å². The number of benzene rings is 2. The summed E-state index contributed by atoms with van der Waals surface area (Å²) in [5, 5.41) is 5.42. The normalized spacial score (nSPS) is 11.0. The van der Waals surface area contributed by atoms with Crippen molar-refractivity contribution in [1.29, 1.82) is 0 Å². The molecule has 0 unspecified atom stereocenters. The Morgan fingerprint density at radius 2 is 2.00 bits per heavy atom. The molecule has 5 nitrogen and oxygen atoms in total. The molecule has 136 valence electrons. The van der Waals surface area contributed by atoms with Gasteiger partial charge in [-0.1, -0.05) is 44.9 Å². The highest BCUT2D eigenvalue weighted by atomic mass is 79.9. The second-order valence-corrected chi connectivity index (χ2v) is 8.15. The van der Waals surface area contributed by atoms with E-state index in [9.17, 15) is 4.79 Å². The van der Waals surface area contributed by atoms with Gasteiger partial charge in [-0.2, -0.15) is 5.10 Å². The minimum absolute atomic E-state index is 0.107. The maximum absolute atomic E-state index is 13.2. The highest BCUT2D eigenvalue weighted by Gasteiger charge is 2.22. The van der Waals surface area contributed by atoms with Crippen LogP contribution in [0.4, 0.5) is 5.13 Å². The summed E-state index contributed by atoms with van der Waals surface area (Å²) >= 11 is 11.1. The van der Waals surface area contributed by atoms with Crippen LogP contribution in [0.5, 0.6) is 0 Å². The van der Waals surface area contributed by atoms with Crippen molar-refractivity contribution in [2.45, 2.75) is 6.54 Å². The van der Waals surface area contributed by atoms with Crippen LogP contribution >= 0.6 is 38.9 Å². The van der Waals surface area contributed by atoms with Gasteiger partial charge in [0.2, 0.25) is 0 Å². The van der Waals surface area contributed by atoms with Crippen LogP contribution in [0.2, 0.25) is 5.02 Å². The van der Waals surface area contributed by atoms with Gasteiger partial charge in [0, 0.05) is 29.0 Å². The number of carbonyl (C=O) groups excluding carboxylic acids is 1. The summed E-state index contributed by atoms with van der Waals surface area (Å²) in [6.07, 6.45) is 3.59. The molecule has 2 aromatic heterocycles. The van der Waals surface area contributed by atoms with Crippen molar-refractivity contribution in [1.82, 2.24) is 14.8 Å². The second-order valence-electron chi connectivity index (χ2n) is 5.82. The van der Waals surface area contributed by atoms with Crippen LogP contribution in [-0.2, 0) is 6.54 Å². The Morgan fingerprint density at radius 3 is 2.70 bits per heavy atom. The number of anilines is 1. The molecule has 0 aliphatic rings. The Labute approximate surface area is 173 Å². The van der Waals surface area contributed by atoms with Gasteiger partial charge in [-0.25, -0.2) is 4.98 Å². The van der Waals surface area contributed by atoms with E-state index in [2.05, 4.69) is 26.0 Å². The Bertz CT molecular complexity index is 1080. The number of hydrogen-bond acceptors (Lipinski definition) is 4. The first kappa shape index (κ1) is 18.2. The summed E-state index contributed by atoms with van der Waals surface area (Å²) in [6, 6.07) is 14.8. The molecule has 2 aromatic carbocycles. The molecular formula is C19H14BrClN4OS. The fraction of sp³-hybridized carbons (Fsp3) is 0.105. The first-order chi connectivity index (χ1) is 13.1. The average molecular weight is 462 g/mol. The van der Waals surface area contributed by atoms with E-state index in [1.807, 2.05) is 36.5 Å². The quantitative estimate of drug-likeness (QED) is 0.407. The van der Waals surface area contributed by atoms with E-state index >= 15 is 0 Å². The molecular weight excluding hydrogens is 448 g/mol. The second kappa shape index (κ2) is 7.80. The van der Waals surface area contributed by atoms with Crippen LogP contribution in [0.25, 0.3) is 10.2 Å². The van der Waals surface area contributed by atoms with Crippen molar-refractivity contribution in [2.24, 2.45) is 0 Å². The molecule has 27 heavy (non-hydrogen) atoms. The number of halogens is 2. The molecule has 0 spiro atoms. The molecule has 0 atom stereocenters. The molecule has 8 heteroatoms. The molecule has 2 heterocycles. The fourth-order valence-electron chi connectivity index (χ4n) is 2.69. The minimum atomic E-state index is -0.107. The smallest absolute Gasteiger partial charge is 0.260 e. The molecule has 0 aliphatic heterocycles. The summed E-state index contributed by atoms with van der Waals surface area (Å²) in [5.41, 5.74) is 1.32.